The van der Waals surface area contributed by atoms with Gasteiger partial charge < -0.3 is 19.9 Å². The molecule has 0 heterocycles. The second-order valence-electron chi connectivity index (χ2n) is 6.66. The summed E-state index contributed by atoms with van der Waals surface area (Å²) in [5.74, 6) is 0.289. The number of hydrogen-bond acceptors (Lipinski definition) is 4. The van der Waals surface area contributed by atoms with E-state index < -0.39 is 11.9 Å². The van der Waals surface area contributed by atoms with Crippen LogP contribution in [0.25, 0.3) is 0 Å². The fraction of sp³-hybridized carbons (Fsp3) is 0.217. The zero-order chi connectivity index (χ0) is 21.5. The maximum atomic E-state index is 14.0. The quantitative estimate of drug-likeness (QED) is 0.449. The Hall–Kier alpha value is -2.31. The summed E-state index contributed by atoms with van der Waals surface area (Å²) in [5.41, 5.74) is 1.95. The molecule has 30 heavy (non-hydrogen) atoms. The van der Waals surface area contributed by atoms with Crippen LogP contribution in [0.1, 0.15) is 22.8 Å². The molecular formula is C23H22Cl2FNO3. The van der Waals surface area contributed by atoms with Crippen LogP contribution in [0.4, 0.5) is 4.39 Å². The summed E-state index contributed by atoms with van der Waals surface area (Å²) in [7, 11) is 1.50. The van der Waals surface area contributed by atoms with E-state index >= 15 is 0 Å². The number of halogens is 3. The molecule has 0 saturated carbocycles. The summed E-state index contributed by atoms with van der Waals surface area (Å²) in [6.45, 7) is 0.774. The van der Waals surface area contributed by atoms with Crippen molar-refractivity contribution in [2.45, 2.75) is 19.3 Å². The molecule has 158 valence electrons. The van der Waals surface area contributed by atoms with Gasteiger partial charge in [0.15, 0.2) is 11.5 Å². The number of methoxy groups -OCH3 is 1. The van der Waals surface area contributed by atoms with Crippen molar-refractivity contribution in [2.75, 3.05) is 13.7 Å². The van der Waals surface area contributed by atoms with Gasteiger partial charge in [-0.3, -0.25) is 0 Å². The van der Waals surface area contributed by atoms with Crippen molar-refractivity contribution < 1.29 is 19.0 Å². The van der Waals surface area contributed by atoms with Crippen molar-refractivity contribution in [3.63, 3.8) is 0 Å². The highest BCUT2D eigenvalue weighted by atomic mass is 35.5. The van der Waals surface area contributed by atoms with Gasteiger partial charge in [0.1, 0.15) is 12.4 Å². The molecule has 7 heteroatoms. The first-order valence-electron chi connectivity index (χ1n) is 9.35. The van der Waals surface area contributed by atoms with E-state index in [1.165, 1.54) is 19.2 Å². The highest BCUT2D eigenvalue weighted by Gasteiger charge is 2.15. The second kappa shape index (κ2) is 10.6. The van der Waals surface area contributed by atoms with E-state index in [1.807, 2.05) is 30.3 Å². The molecular weight excluding hydrogens is 428 g/mol. The molecule has 0 unspecified atom stereocenters. The maximum absolute atomic E-state index is 14.0. The molecule has 0 aromatic heterocycles. The first kappa shape index (κ1) is 22.4. The van der Waals surface area contributed by atoms with E-state index in [0.717, 1.165) is 11.1 Å². The summed E-state index contributed by atoms with van der Waals surface area (Å²) in [5, 5.41) is 14.1. The van der Waals surface area contributed by atoms with Crippen molar-refractivity contribution in [1.29, 1.82) is 0 Å². The first-order valence-corrected chi connectivity index (χ1v) is 10.1. The lowest BCUT2D eigenvalue weighted by Crippen LogP contribution is -2.21. The summed E-state index contributed by atoms with van der Waals surface area (Å²) in [6, 6.07) is 17.4. The molecule has 2 N–H and O–H groups in total. The Balaban J connectivity index is 1.65. The van der Waals surface area contributed by atoms with Gasteiger partial charge in [-0.1, -0.05) is 59.6 Å². The Morgan fingerprint density at radius 2 is 1.80 bits per heavy atom. The summed E-state index contributed by atoms with van der Waals surface area (Å²) in [4.78, 5) is 0. The van der Waals surface area contributed by atoms with Crippen LogP contribution in [0.2, 0.25) is 10.0 Å². The summed E-state index contributed by atoms with van der Waals surface area (Å²) >= 11 is 12.4. The Bertz CT molecular complexity index is 965. The van der Waals surface area contributed by atoms with Crippen LogP contribution in [0.3, 0.4) is 0 Å². The highest BCUT2D eigenvalue weighted by molar-refractivity contribution is 6.32. The van der Waals surface area contributed by atoms with Crippen molar-refractivity contribution >= 4 is 23.2 Å². The maximum Gasteiger partial charge on any atom is 0.180 e. The molecule has 3 aromatic rings. The van der Waals surface area contributed by atoms with E-state index in [1.54, 1.807) is 18.2 Å². The van der Waals surface area contributed by atoms with Crippen molar-refractivity contribution in [2.24, 2.45) is 0 Å². The molecule has 1 atom stereocenters. The Morgan fingerprint density at radius 3 is 2.50 bits per heavy atom. The van der Waals surface area contributed by atoms with Crippen molar-refractivity contribution in [1.82, 2.24) is 5.32 Å². The second-order valence-corrected chi connectivity index (χ2v) is 7.47. The minimum absolute atomic E-state index is 0.0809. The monoisotopic (exact) mass is 449 g/mol. The van der Waals surface area contributed by atoms with Gasteiger partial charge in [-0.05, 0) is 35.4 Å². The summed E-state index contributed by atoms with van der Waals surface area (Å²) in [6.07, 6.45) is -0.614. The van der Waals surface area contributed by atoms with Crippen LogP contribution in [0, 0.1) is 5.82 Å². The molecule has 0 spiro atoms. The number of hydrogen-bond donors (Lipinski definition) is 2. The predicted molar refractivity (Wildman–Crippen MR) is 117 cm³/mol. The van der Waals surface area contributed by atoms with Gasteiger partial charge in [-0.25, -0.2) is 4.39 Å². The number of nitrogens with one attached hydrogen (secondary N) is 1. The third-order valence-corrected chi connectivity index (χ3v) is 5.20. The van der Waals surface area contributed by atoms with Crippen molar-refractivity contribution in [3.8, 4) is 11.5 Å². The van der Waals surface area contributed by atoms with Crippen molar-refractivity contribution in [3.05, 3.63) is 93.2 Å². The van der Waals surface area contributed by atoms with Crippen LogP contribution >= 0.6 is 23.2 Å². The van der Waals surface area contributed by atoms with Gasteiger partial charge in [0.25, 0.3) is 0 Å². The van der Waals surface area contributed by atoms with Crippen LogP contribution in [-0.2, 0) is 13.2 Å². The van der Waals surface area contributed by atoms with Gasteiger partial charge in [0.2, 0.25) is 0 Å². The lowest BCUT2D eigenvalue weighted by molar-refractivity contribution is 0.174. The SMILES string of the molecule is COc1cc(CNC[C@H](O)c2ccccc2)cc(Cl)c1OCc1c(F)cccc1Cl. The highest BCUT2D eigenvalue weighted by Crippen LogP contribution is 2.37. The van der Waals surface area contributed by atoms with Crippen LogP contribution in [0.15, 0.2) is 60.7 Å². The Labute approximate surface area is 185 Å². The summed E-state index contributed by atoms with van der Waals surface area (Å²) < 4.78 is 25.1. The lowest BCUT2D eigenvalue weighted by Gasteiger charge is -2.16. The van der Waals surface area contributed by atoms with Crippen LogP contribution < -0.4 is 14.8 Å². The molecule has 0 aliphatic rings. The average Bonchev–Trinajstić information content (AvgIpc) is 2.74. The molecule has 0 radical (unpaired) electrons. The molecule has 0 saturated heterocycles. The fourth-order valence-electron chi connectivity index (χ4n) is 2.98. The molecule has 0 amide bonds. The standard InChI is InChI=1S/C23H22Cl2FNO3/c1-29-22-11-15(12-27-13-21(28)16-6-3-2-4-7-16)10-19(25)23(22)30-14-17-18(24)8-5-9-20(17)26/h2-11,21,27-28H,12-14H2,1H3/t21-/m0/s1. The predicted octanol–water partition coefficient (Wildman–Crippen LogP) is 5.54. The third kappa shape index (κ3) is 5.64. The zero-order valence-electron chi connectivity index (χ0n) is 16.4. The topological polar surface area (TPSA) is 50.7 Å². The first-order chi connectivity index (χ1) is 14.5. The average molecular weight is 450 g/mol. The molecule has 0 aliphatic heterocycles. The molecule has 4 nitrogen and oxygen atoms in total. The minimum atomic E-state index is -0.614. The van der Waals surface area contributed by atoms with Gasteiger partial charge in [-0.15, -0.1) is 0 Å². The molecule has 0 fully saturated rings. The molecule has 3 aromatic carbocycles. The van der Waals surface area contributed by atoms with E-state index in [-0.39, 0.29) is 17.2 Å². The Kier molecular flexibility index (Phi) is 7.94. The number of benzene rings is 3. The number of aliphatic hydroxyl groups is 1. The largest absolute Gasteiger partial charge is 0.493 e. The lowest BCUT2D eigenvalue weighted by atomic mass is 10.1. The van der Waals surface area contributed by atoms with E-state index in [2.05, 4.69) is 5.32 Å². The van der Waals surface area contributed by atoms with E-state index in [4.69, 9.17) is 32.7 Å². The van der Waals surface area contributed by atoms with Crippen LogP contribution in [-0.4, -0.2) is 18.8 Å². The number of ether oxygens (including phenoxy) is 2. The third-order valence-electron chi connectivity index (χ3n) is 4.56. The minimum Gasteiger partial charge on any atom is -0.493 e. The van der Waals surface area contributed by atoms with Gasteiger partial charge >= 0.3 is 0 Å². The van der Waals surface area contributed by atoms with Gasteiger partial charge in [0, 0.05) is 18.7 Å². The fourth-order valence-corrected chi connectivity index (χ4v) is 3.48. The molecule has 0 bridgehead atoms. The van der Waals surface area contributed by atoms with Crippen LogP contribution in [0.5, 0.6) is 11.5 Å². The normalized spacial score (nSPS) is 11.9. The Morgan fingerprint density at radius 1 is 1.03 bits per heavy atom. The van der Waals surface area contributed by atoms with Gasteiger partial charge in [0.05, 0.1) is 23.3 Å². The molecule has 3 rings (SSSR count). The smallest absolute Gasteiger partial charge is 0.180 e. The molecule has 0 aliphatic carbocycles. The number of rotatable bonds is 9. The zero-order valence-corrected chi connectivity index (χ0v) is 17.9. The number of aliphatic hydroxyl groups excluding tert-OH is 1. The van der Waals surface area contributed by atoms with Gasteiger partial charge in [-0.2, -0.15) is 0 Å². The van der Waals surface area contributed by atoms with E-state index in [9.17, 15) is 9.50 Å². The van der Waals surface area contributed by atoms with E-state index in [0.29, 0.717) is 29.6 Å².